The minimum atomic E-state index is -3.29. The third kappa shape index (κ3) is 5.42. The first kappa shape index (κ1) is 21.0. The molecule has 8 heteroatoms. The third-order valence-corrected chi connectivity index (χ3v) is 5.62. The number of nitrogens with zero attached hydrogens (tertiary/aromatic N) is 2. The number of amides is 1. The molecular weight excluding hydrogens is 390 g/mol. The Bertz CT molecular complexity index is 1030. The number of aromatic nitrogens is 1. The maximum atomic E-state index is 12.6. The van der Waals surface area contributed by atoms with Crippen molar-refractivity contribution in [1.82, 2.24) is 14.6 Å². The van der Waals surface area contributed by atoms with Crippen LogP contribution in [0.25, 0.3) is 6.08 Å². The number of hydrogen-bond donors (Lipinski definition) is 1. The lowest BCUT2D eigenvalue weighted by Gasteiger charge is -2.29. The maximum absolute atomic E-state index is 12.6. The largest absolute Gasteiger partial charge is 0.497 e. The zero-order chi connectivity index (χ0) is 21.0. The molecule has 0 bridgehead atoms. The molecule has 1 aromatic heterocycles. The summed E-state index contributed by atoms with van der Waals surface area (Å²) in [6.07, 6.45) is 6.94. The zero-order valence-electron chi connectivity index (χ0n) is 16.8. The van der Waals surface area contributed by atoms with E-state index in [2.05, 4.69) is 9.71 Å². The number of ether oxygens (including phenoxy) is 1. The predicted molar refractivity (Wildman–Crippen MR) is 112 cm³/mol. The van der Waals surface area contributed by atoms with E-state index >= 15 is 0 Å². The van der Waals surface area contributed by atoms with Gasteiger partial charge < -0.3 is 9.64 Å². The third-order valence-electron chi connectivity index (χ3n) is 4.95. The van der Waals surface area contributed by atoms with E-state index in [1.165, 1.54) is 0 Å². The van der Waals surface area contributed by atoms with Crippen molar-refractivity contribution in [1.29, 1.82) is 0 Å². The summed E-state index contributed by atoms with van der Waals surface area (Å²) < 4.78 is 30.6. The molecule has 3 rings (SSSR count). The van der Waals surface area contributed by atoms with E-state index in [-0.39, 0.29) is 12.5 Å². The molecule has 1 amide bonds. The number of aryl methyl sites for hydroxylation is 1. The van der Waals surface area contributed by atoms with Crippen LogP contribution in [0.1, 0.15) is 27.9 Å². The standard InChI is InChI=1S/C21H25N3O4S/c1-15-20(13-23-29(3,26)27)19-10-11-24(14-17(19)12-22-15)21(25)9-6-16-4-7-18(28-2)8-5-16/h4-9,12,23H,10-11,13-14H2,1-3H3/b9-6+. The normalized spacial score (nSPS) is 14.1. The number of hydrogen-bond acceptors (Lipinski definition) is 5. The Morgan fingerprint density at radius 1 is 1.31 bits per heavy atom. The van der Waals surface area contributed by atoms with Gasteiger partial charge in [-0.05, 0) is 53.8 Å². The molecule has 0 unspecified atom stereocenters. The van der Waals surface area contributed by atoms with Crippen LogP contribution >= 0.6 is 0 Å². The van der Waals surface area contributed by atoms with Crippen molar-refractivity contribution in [2.45, 2.75) is 26.4 Å². The van der Waals surface area contributed by atoms with Gasteiger partial charge in [-0.25, -0.2) is 13.1 Å². The lowest BCUT2D eigenvalue weighted by Crippen LogP contribution is -2.36. The molecule has 1 N–H and O–H groups in total. The smallest absolute Gasteiger partial charge is 0.246 e. The molecule has 2 aromatic rings. The van der Waals surface area contributed by atoms with Crippen LogP contribution in [0, 0.1) is 6.92 Å². The Morgan fingerprint density at radius 3 is 2.69 bits per heavy atom. The quantitative estimate of drug-likeness (QED) is 0.730. The summed E-state index contributed by atoms with van der Waals surface area (Å²) in [6, 6.07) is 7.48. The molecule has 0 fully saturated rings. The Labute approximate surface area is 171 Å². The van der Waals surface area contributed by atoms with Crippen LogP contribution in [0.2, 0.25) is 0 Å². The molecule has 0 saturated heterocycles. The molecular formula is C21H25N3O4S. The number of methoxy groups -OCH3 is 1. The van der Waals surface area contributed by atoms with E-state index in [4.69, 9.17) is 4.74 Å². The topological polar surface area (TPSA) is 88.6 Å². The minimum Gasteiger partial charge on any atom is -0.497 e. The van der Waals surface area contributed by atoms with Crippen molar-refractivity contribution >= 4 is 22.0 Å². The number of carbonyl (C=O) groups is 1. The molecule has 0 atom stereocenters. The van der Waals surface area contributed by atoms with Gasteiger partial charge in [0.05, 0.1) is 13.4 Å². The van der Waals surface area contributed by atoms with E-state index in [0.29, 0.717) is 19.5 Å². The fourth-order valence-corrected chi connectivity index (χ4v) is 3.74. The second kappa shape index (κ2) is 8.75. The molecule has 1 aliphatic heterocycles. The fourth-order valence-electron chi connectivity index (χ4n) is 3.34. The number of fused-ring (bicyclic) bond motifs is 1. The summed E-state index contributed by atoms with van der Waals surface area (Å²) >= 11 is 0. The van der Waals surface area contributed by atoms with Crippen LogP contribution < -0.4 is 9.46 Å². The first-order valence-corrected chi connectivity index (χ1v) is 11.2. The van der Waals surface area contributed by atoms with Gasteiger partial charge in [0.15, 0.2) is 0 Å². The van der Waals surface area contributed by atoms with Crippen molar-refractivity contribution in [2.75, 3.05) is 19.9 Å². The molecule has 0 saturated carbocycles. The molecule has 154 valence electrons. The zero-order valence-corrected chi connectivity index (χ0v) is 17.6. The van der Waals surface area contributed by atoms with E-state index in [9.17, 15) is 13.2 Å². The Kier molecular flexibility index (Phi) is 6.34. The number of nitrogens with one attached hydrogen (secondary N) is 1. The van der Waals surface area contributed by atoms with E-state index < -0.39 is 10.0 Å². The first-order chi connectivity index (χ1) is 13.8. The number of benzene rings is 1. The van der Waals surface area contributed by atoms with Crippen LogP contribution in [0.4, 0.5) is 0 Å². The Morgan fingerprint density at radius 2 is 2.03 bits per heavy atom. The van der Waals surface area contributed by atoms with Gasteiger partial charge in [0, 0.05) is 37.6 Å². The number of pyridine rings is 1. The van der Waals surface area contributed by atoms with Gasteiger partial charge in [0.1, 0.15) is 5.75 Å². The van der Waals surface area contributed by atoms with Crippen molar-refractivity contribution in [2.24, 2.45) is 0 Å². The summed E-state index contributed by atoms with van der Waals surface area (Å²) in [7, 11) is -1.67. The summed E-state index contributed by atoms with van der Waals surface area (Å²) in [5.41, 5.74) is 4.66. The Hall–Kier alpha value is -2.71. The van der Waals surface area contributed by atoms with E-state index in [0.717, 1.165) is 40.0 Å². The van der Waals surface area contributed by atoms with Gasteiger partial charge in [-0.3, -0.25) is 9.78 Å². The minimum absolute atomic E-state index is 0.0668. The van der Waals surface area contributed by atoms with Crippen LogP contribution in [0.3, 0.4) is 0 Å². The van der Waals surface area contributed by atoms with Crippen LogP contribution in [-0.2, 0) is 34.3 Å². The van der Waals surface area contributed by atoms with Crippen molar-refractivity contribution in [3.05, 3.63) is 64.5 Å². The molecule has 1 aliphatic rings. The van der Waals surface area contributed by atoms with Crippen molar-refractivity contribution < 1.29 is 17.9 Å². The molecule has 0 radical (unpaired) electrons. The highest BCUT2D eigenvalue weighted by Crippen LogP contribution is 2.24. The van der Waals surface area contributed by atoms with Gasteiger partial charge in [0.2, 0.25) is 15.9 Å². The number of sulfonamides is 1. The highest BCUT2D eigenvalue weighted by atomic mass is 32.2. The van der Waals surface area contributed by atoms with Crippen molar-refractivity contribution in [3.63, 3.8) is 0 Å². The molecule has 29 heavy (non-hydrogen) atoms. The lowest BCUT2D eigenvalue weighted by molar-refractivity contribution is -0.126. The predicted octanol–water partition coefficient (Wildman–Crippen LogP) is 2.05. The average Bonchev–Trinajstić information content (AvgIpc) is 2.70. The summed E-state index contributed by atoms with van der Waals surface area (Å²) in [6.45, 7) is 3.12. The second-order valence-corrected chi connectivity index (χ2v) is 8.87. The van der Waals surface area contributed by atoms with Gasteiger partial charge in [-0.2, -0.15) is 0 Å². The fraction of sp³-hybridized carbons (Fsp3) is 0.333. The highest BCUT2D eigenvalue weighted by molar-refractivity contribution is 7.88. The highest BCUT2D eigenvalue weighted by Gasteiger charge is 2.23. The number of carbonyl (C=O) groups excluding carboxylic acids is 1. The summed E-state index contributed by atoms with van der Waals surface area (Å²) in [5.74, 6) is 0.702. The van der Waals surface area contributed by atoms with Crippen LogP contribution in [0.15, 0.2) is 36.5 Å². The van der Waals surface area contributed by atoms with Crippen LogP contribution in [0.5, 0.6) is 5.75 Å². The molecule has 2 heterocycles. The van der Waals surface area contributed by atoms with Crippen LogP contribution in [-0.4, -0.2) is 44.1 Å². The Balaban J connectivity index is 1.71. The van der Waals surface area contributed by atoms with Gasteiger partial charge in [-0.1, -0.05) is 12.1 Å². The molecule has 0 spiro atoms. The average molecular weight is 416 g/mol. The monoisotopic (exact) mass is 415 g/mol. The SMILES string of the molecule is COc1ccc(/C=C/C(=O)N2CCc3c(cnc(C)c3CNS(C)(=O)=O)C2)cc1. The number of rotatable bonds is 6. The molecule has 7 nitrogen and oxygen atoms in total. The van der Waals surface area contributed by atoms with Crippen molar-refractivity contribution in [3.8, 4) is 5.75 Å². The van der Waals surface area contributed by atoms with Gasteiger partial charge >= 0.3 is 0 Å². The summed E-state index contributed by atoms with van der Waals surface area (Å²) in [5, 5.41) is 0. The van der Waals surface area contributed by atoms with E-state index in [1.54, 1.807) is 30.4 Å². The van der Waals surface area contributed by atoms with E-state index in [1.807, 2.05) is 31.2 Å². The molecule has 1 aromatic carbocycles. The lowest BCUT2D eigenvalue weighted by atomic mass is 9.95. The summed E-state index contributed by atoms with van der Waals surface area (Å²) in [4.78, 5) is 18.8. The van der Waals surface area contributed by atoms with Gasteiger partial charge in [0.25, 0.3) is 0 Å². The maximum Gasteiger partial charge on any atom is 0.246 e. The molecule has 0 aliphatic carbocycles. The second-order valence-electron chi connectivity index (χ2n) is 7.04. The first-order valence-electron chi connectivity index (χ1n) is 9.29. The van der Waals surface area contributed by atoms with Gasteiger partial charge in [-0.15, -0.1) is 0 Å².